The Labute approximate surface area is 115 Å². The van der Waals surface area contributed by atoms with Crippen LogP contribution in [0.4, 0.5) is 0 Å². The molecule has 1 heterocycles. The Morgan fingerprint density at radius 2 is 2.00 bits per heavy atom. The lowest BCUT2D eigenvalue weighted by atomic mass is 9.99. The molecule has 1 unspecified atom stereocenters. The summed E-state index contributed by atoms with van der Waals surface area (Å²) in [6.45, 7) is 3.32. The van der Waals surface area contributed by atoms with Crippen molar-refractivity contribution in [1.29, 1.82) is 0 Å². The van der Waals surface area contributed by atoms with Gasteiger partial charge in [0.1, 0.15) is 0 Å². The molecule has 0 aromatic heterocycles. The first-order valence-electron chi connectivity index (χ1n) is 7.36. The van der Waals surface area contributed by atoms with Crippen molar-refractivity contribution >= 4 is 5.91 Å². The van der Waals surface area contributed by atoms with E-state index in [2.05, 4.69) is 29.6 Å². The molecule has 1 aliphatic heterocycles. The normalized spacial score (nSPS) is 22.7. The van der Waals surface area contributed by atoms with Gasteiger partial charge in [-0.1, -0.05) is 30.3 Å². The summed E-state index contributed by atoms with van der Waals surface area (Å²) in [6, 6.07) is 10.5. The number of likely N-dealkylation sites (tertiary alicyclic amines) is 1. The lowest BCUT2D eigenvalue weighted by Gasteiger charge is -2.17. The van der Waals surface area contributed by atoms with Crippen molar-refractivity contribution in [2.24, 2.45) is 5.92 Å². The van der Waals surface area contributed by atoms with Crippen molar-refractivity contribution in [2.75, 3.05) is 26.2 Å². The van der Waals surface area contributed by atoms with Crippen molar-refractivity contribution < 1.29 is 4.79 Å². The minimum absolute atomic E-state index is 0.263. The highest BCUT2D eigenvalue weighted by Gasteiger charge is 2.27. The monoisotopic (exact) mass is 258 g/mol. The summed E-state index contributed by atoms with van der Waals surface area (Å²) < 4.78 is 0. The zero-order valence-corrected chi connectivity index (χ0v) is 11.3. The van der Waals surface area contributed by atoms with Crippen molar-refractivity contribution in [3.8, 4) is 0 Å². The van der Waals surface area contributed by atoms with Crippen LogP contribution < -0.4 is 5.32 Å². The highest BCUT2D eigenvalue weighted by atomic mass is 16.2. The minimum Gasteiger partial charge on any atom is -0.341 e. The molecule has 2 aliphatic rings. The summed E-state index contributed by atoms with van der Waals surface area (Å²) in [4.78, 5) is 14.1. The van der Waals surface area contributed by atoms with E-state index in [0.717, 1.165) is 32.0 Å². The Morgan fingerprint density at radius 3 is 2.74 bits per heavy atom. The Hall–Kier alpha value is -1.35. The van der Waals surface area contributed by atoms with Crippen molar-refractivity contribution in [2.45, 2.75) is 25.2 Å². The average Bonchev–Trinajstić information content (AvgIpc) is 3.13. The van der Waals surface area contributed by atoms with Crippen LogP contribution in [0.25, 0.3) is 0 Å². The van der Waals surface area contributed by atoms with Crippen LogP contribution in [-0.4, -0.2) is 37.0 Å². The summed E-state index contributed by atoms with van der Waals surface area (Å²) >= 11 is 0. The van der Waals surface area contributed by atoms with E-state index < -0.39 is 0 Å². The molecule has 0 bridgehead atoms. The summed E-state index contributed by atoms with van der Waals surface area (Å²) in [5, 5.41) is 3.29. The Kier molecular flexibility index (Phi) is 3.83. The van der Waals surface area contributed by atoms with E-state index in [4.69, 9.17) is 0 Å². The first-order valence-corrected chi connectivity index (χ1v) is 7.36. The Bertz CT molecular complexity index is 428. The number of hydrogen-bond donors (Lipinski definition) is 1. The predicted octanol–water partition coefficient (Wildman–Crippen LogP) is 2.00. The summed E-state index contributed by atoms with van der Waals surface area (Å²) in [7, 11) is 0. The number of benzene rings is 1. The number of hydrogen-bond acceptors (Lipinski definition) is 2. The van der Waals surface area contributed by atoms with Crippen LogP contribution in [0.15, 0.2) is 30.3 Å². The summed E-state index contributed by atoms with van der Waals surface area (Å²) in [6.07, 6.45) is 3.76. The fraction of sp³-hybridized carbons (Fsp3) is 0.562. The molecule has 1 N–H and O–H groups in total. The van der Waals surface area contributed by atoms with Gasteiger partial charge < -0.3 is 10.2 Å². The zero-order chi connectivity index (χ0) is 13.1. The van der Waals surface area contributed by atoms with Gasteiger partial charge in [-0.25, -0.2) is 0 Å². The van der Waals surface area contributed by atoms with Gasteiger partial charge in [0.05, 0.1) is 6.54 Å². The molecule has 1 aromatic carbocycles. The molecule has 102 valence electrons. The van der Waals surface area contributed by atoms with Crippen LogP contribution in [0.1, 0.15) is 30.7 Å². The fourth-order valence-corrected chi connectivity index (χ4v) is 2.80. The third-order valence-electron chi connectivity index (χ3n) is 4.22. The number of nitrogens with zero attached hydrogens (tertiary/aromatic N) is 1. The molecule has 3 rings (SSSR count). The van der Waals surface area contributed by atoms with Gasteiger partial charge in [-0.2, -0.15) is 0 Å². The summed E-state index contributed by atoms with van der Waals surface area (Å²) in [5.41, 5.74) is 1.36. The number of amides is 1. The van der Waals surface area contributed by atoms with Crippen molar-refractivity contribution in [3.05, 3.63) is 35.9 Å². The van der Waals surface area contributed by atoms with Gasteiger partial charge in [-0.3, -0.25) is 4.79 Å². The smallest absolute Gasteiger partial charge is 0.236 e. The van der Waals surface area contributed by atoms with E-state index in [1.165, 1.54) is 18.4 Å². The van der Waals surface area contributed by atoms with Crippen LogP contribution in [-0.2, 0) is 4.79 Å². The second-order valence-electron chi connectivity index (χ2n) is 5.81. The lowest BCUT2D eigenvalue weighted by molar-refractivity contribution is -0.129. The highest BCUT2D eigenvalue weighted by Crippen LogP contribution is 2.28. The highest BCUT2D eigenvalue weighted by molar-refractivity contribution is 5.78. The maximum atomic E-state index is 12.1. The molecule has 1 atom stereocenters. The lowest BCUT2D eigenvalue weighted by Crippen LogP contribution is -2.37. The van der Waals surface area contributed by atoms with E-state index in [1.807, 2.05) is 11.0 Å². The van der Waals surface area contributed by atoms with E-state index in [9.17, 15) is 4.79 Å². The minimum atomic E-state index is 0.263. The van der Waals surface area contributed by atoms with E-state index >= 15 is 0 Å². The summed E-state index contributed by atoms with van der Waals surface area (Å²) in [5.74, 6) is 1.62. The zero-order valence-electron chi connectivity index (χ0n) is 11.3. The third kappa shape index (κ3) is 3.35. The van der Waals surface area contributed by atoms with Crippen LogP contribution in [0, 0.1) is 5.92 Å². The molecule has 1 saturated heterocycles. The molecule has 19 heavy (non-hydrogen) atoms. The maximum absolute atomic E-state index is 12.1. The molecule has 0 radical (unpaired) electrons. The largest absolute Gasteiger partial charge is 0.341 e. The predicted molar refractivity (Wildman–Crippen MR) is 76.0 cm³/mol. The molecule has 3 nitrogen and oxygen atoms in total. The first kappa shape index (κ1) is 12.7. The molecule has 1 amide bonds. The van der Waals surface area contributed by atoms with E-state index in [-0.39, 0.29) is 5.91 Å². The van der Waals surface area contributed by atoms with Crippen molar-refractivity contribution in [3.63, 3.8) is 0 Å². The van der Waals surface area contributed by atoms with Gasteiger partial charge in [0, 0.05) is 19.0 Å². The number of carbonyl (C=O) groups excluding carboxylic acids is 1. The van der Waals surface area contributed by atoms with Gasteiger partial charge in [-0.05, 0) is 37.3 Å². The average molecular weight is 258 g/mol. The molecule has 1 aromatic rings. The molecule has 1 aliphatic carbocycles. The van der Waals surface area contributed by atoms with E-state index in [1.54, 1.807) is 0 Å². The quantitative estimate of drug-likeness (QED) is 0.876. The van der Waals surface area contributed by atoms with Crippen LogP contribution in [0.3, 0.4) is 0 Å². The SMILES string of the molecule is O=C(CNCC1CC1)N1CCC(c2ccccc2)C1. The molecule has 3 heteroatoms. The van der Waals surface area contributed by atoms with Crippen LogP contribution >= 0.6 is 0 Å². The van der Waals surface area contributed by atoms with Gasteiger partial charge in [0.2, 0.25) is 5.91 Å². The number of rotatable bonds is 5. The topological polar surface area (TPSA) is 32.3 Å². The molecule has 2 fully saturated rings. The molecular weight excluding hydrogens is 236 g/mol. The van der Waals surface area contributed by atoms with Gasteiger partial charge in [0.25, 0.3) is 0 Å². The number of nitrogens with one attached hydrogen (secondary N) is 1. The van der Waals surface area contributed by atoms with Crippen LogP contribution in [0.5, 0.6) is 0 Å². The van der Waals surface area contributed by atoms with Gasteiger partial charge in [-0.15, -0.1) is 0 Å². The molecule has 1 saturated carbocycles. The Morgan fingerprint density at radius 1 is 1.21 bits per heavy atom. The van der Waals surface area contributed by atoms with Gasteiger partial charge in [0.15, 0.2) is 0 Å². The van der Waals surface area contributed by atoms with Crippen LogP contribution in [0.2, 0.25) is 0 Å². The second-order valence-corrected chi connectivity index (χ2v) is 5.81. The first-order chi connectivity index (χ1) is 9.33. The van der Waals surface area contributed by atoms with Gasteiger partial charge >= 0.3 is 0 Å². The third-order valence-corrected chi connectivity index (χ3v) is 4.22. The fourth-order valence-electron chi connectivity index (χ4n) is 2.80. The van der Waals surface area contributed by atoms with E-state index in [0.29, 0.717) is 12.5 Å². The van der Waals surface area contributed by atoms with Crippen molar-refractivity contribution in [1.82, 2.24) is 10.2 Å². The maximum Gasteiger partial charge on any atom is 0.236 e. The number of carbonyl (C=O) groups is 1. The Balaban J connectivity index is 1.46. The molecular formula is C16H22N2O. The standard InChI is InChI=1S/C16H22N2O/c19-16(11-17-10-13-6-7-13)18-9-8-15(12-18)14-4-2-1-3-5-14/h1-5,13,15,17H,6-12H2. The molecule has 0 spiro atoms. The second kappa shape index (κ2) is 5.74.